The third kappa shape index (κ3) is 4.50. The molecule has 0 spiro atoms. The van der Waals surface area contributed by atoms with Crippen LogP contribution in [-0.4, -0.2) is 38.5 Å². The van der Waals surface area contributed by atoms with E-state index in [1.807, 2.05) is 32.3 Å². The van der Waals surface area contributed by atoms with Crippen molar-refractivity contribution in [2.75, 3.05) is 6.54 Å². The van der Waals surface area contributed by atoms with E-state index in [9.17, 15) is 4.79 Å². The van der Waals surface area contributed by atoms with Crippen LogP contribution in [0.4, 0.5) is 0 Å². The van der Waals surface area contributed by atoms with Gasteiger partial charge in [-0.15, -0.1) is 10.2 Å². The van der Waals surface area contributed by atoms with E-state index in [4.69, 9.17) is 5.73 Å². The number of aryl methyl sites for hydroxylation is 1. The lowest BCUT2D eigenvalue weighted by atomic mass is 10.2. The summed E-state index contributed by atoms with van der Waals surface area (Å²) in [6, 6.07) is 0.194. The van der Waals surface area contributed by atoms with Crippen molar-refractivity contribution in [3.63, 3.8) is 0 Å². The maximum Gasteiger partial charge on any atom is 0.233 e. The molecular weight excluding hydrogens is 262 g/mol. The minimum absolute atomic E-state index is 0.0271. The summed E-state index contributed by atoms with van der Waals surface area (Å²) in [6.45, 7) is 9.00. The second-order valence-electron chi connectivity index (χ2n) is 4.55. The Bertz CT molecular complexity index is 420. The van der Waals surface area contributed by atoms with Crippen LogP contribution >= 0.6 is 11.8 Å². The summed E-state index contributed by atoms with van der Waals surface area (Å²) in [4.78, 5) is 12.0. The lowest BCUT2D eigenvalue weighted by molar-refractivity contribution is -0.120. The molecule has 0 aliphatic carbocycles. The Morgan fingerprint density at radius 3 is 2.74 bits per heavy atom. The summed E-state index contributed by atoms with van der Waals surface area (Å²) < 4.78 is 1.94. The molecular formula is C12H23N5OS. The summed E-state index contributed by atoms with van der Waals surface area (Å²) in [6.07, 6.45) is 0.922. The van der Waals surface area contributed by atoms with Gasteiger partial charge in [-0.1, -0.05) is 18.7 Å². The van der Waals surface area contributed by atoms with Crippen LogP contribution in [0, 0.1) is 6.92 Å². The zero-order chi connectivity index (χ0) is 14.4. The van der Waals surface area contributed by atoms with Crippen LogP contribution in [0.25, 0.3) is 0 Å². The van der Waals surface area contributed by atoms with Crippen LogP contribution in [0.3, 0.4) is 0 Å². The molecule has 0 fully saturated rings. The van der Waals surface area contributed by atoms with Gasteiger partial charge in [0.1, 0.15) is 5.82 Å². The molecule has 1 heterocycles. The third-order valence-electron chi connectivity index (χ3n) is 2.91. The molecule has 2 atom stereocenters. The van der Waals surface area contributed by atoms with Gasteiger partial charge >= 0.3 is 0 Å². The quantitative estimate of drug-likeness (QED) is 0.728. The van der Waals surface area contributed by atoms with Gasteiger partial charge < -0.3 is 15.6 Å². The molecule has 0 bridgehead atoms. The number of amides is 1. The minimum atomic E-state index is -0.200. The van der Waals surface area contributed by atoms with E-state index in [-0.39, 0.29) is 17.2 Å². The molecule has 1 aromatic rings. The van der Waals surface area contributed by atoms with Gasteiger partial charge in [0, 0.05) is 19.1 Å². The van der Waals surface area contributed by atoms with Crippen molar-refractivity contribution in [1.29, 1.82) is 0 Å². The molecule has 19 heavy (non-hydrogen) atoms. The number of rotatable bonds is 7. The number of nitrogens with zero attached hydrogens (tertiary/aromatic N) is 3. The fourth-order valence-electron chi connectivity index (χ4n) is 1.51. The lowest BCUT2D eigenvalue weighted by Crippen LogP contribution is -2.37. The molecule has 3 N–H and O–H groups in total. The van der Waals surface area contributed by atoms with E-state index in [0.717, 1.165) is 17.4 Å². The number of hydrogen-bond donors (Lipinski definition) is 2. The Hall–Kier alpha value is -1.08. The maximum atomic E-state index is 12.0. The highest BCUT2D eigenvalue weighted by Gasteiger charge is 2.19. The first kappa shape index (κ1) is 16.0. The monoisotopic (exact) mass is 285 g/mol. The standard InChI is InChI=1S/C12H23N5OS/c1-5-8(2)14-11(18)9(3)19-12-16-15-10(4)17(12)7-6-13/h8-9H,5-7,13H2,1-4H3,(H,14,18). The van der Waals surface area contributed by atoms with Crippen molar-refractivity contribution >= 4 is 17.7 Å². The zero-order valence-corrected chi connectivity index (χ0v) is 12.8. The van der Waals surface area contributed by atoms with Gasteiger partial charge in [0.15, 0.2) is 5.16 Å². The summed E-state index contributed by atoms with van der Waals surface area (Å²) in [5.74, 6) is 0.849. The second-order valence-corrected chi connectivity index (χ2v) is 5.86. The molecule has 7 heteroatoms. The zero-order valence-electron chi connectivity index (χ0n) is 12.0. The molecule has 0 aliphatic rings. The normalized spacial score (nSPS) is 14.2. The molecule has 6 nitrogen and oxygen atoms in total. The Morgan fingerprint density at radius 2 is 2.16 bits per heavy atom. The van der Waals surface area contributed by atoms with E-state index >= 15 is 0 Å². The molecule has 0 aliphatic heterocycles. The molecule has 1 aromatic heterocycles. The first-order valence-electron chi connectivity index (χ1n) is 6.56. The smallest absolute Gasteiger partial charge is 0.233 e. The molecule has 0 saturated heterocycles. The minimum Gasteiger partial charge on any atom is -0.353 e. The van der Waals surface area contributed by atoms with Crippen LogP contribution in [-0.2, 0) is 11.3 Å². The van der Waals surface area contributed by atoms with Crippen molar-refractivity contribution in [3.05, 3.63) is 5.82 Å². The summed E-state index contributed by atoms with van der Waals surface area (Å²) >= 11 is 1.41. The van der Waals surface area contributed by atoms with Gasteiger partial charge in [-0.3, -0.25) is 4.79 Å². The van der Waals surface area contributed by atoms with Crippen LogP contribution in [0.2, 0.25) is 0 Å². The summed E-state index contributed by atoms with van der Waals surface area (Å²) in [5, 5.41) is 11.6. The topological polar surface area (TPSA) is 85.8 Å². The lowest BCUT2D eigenvalue weighted by Gasteiger charge is -2.16. The van der Waals surface area contributed by atoms with E-state index in [1.165, 1.54) is 11.8 Å². The highest BCUT2D eigenvalue weighted by molar-refractivity contribution is 8.00. The number of carbonyl (C=O) groups excluding carboxylic acids is 1. The number of carbonyl (C=O) groups is 1. The number of thioether (sulfide) groups is 1. The number of aromatic nitrogens is 3. The van der Waals surface area contributed by atoms with Gasteiger partial charge in [-0.05, 0) is 27.2 Å². The second kappa shape index (κ2) is 7.49. The number of nitrogens with two attached hydrogens (primary N) is 1. The Labute approximate surface area is 118 Å². The first-order chi connectivity index (χ1) is 8.99. The van der Waals surface area contributed by atoms with Crippen molar-refractivity contribution in [3.8, 4) is 0 Å². The predicted molar refractivity (Wildman–Crippen MR) is 77.0 cm³/mol. The number of hydrogen-bond acceptors (Lipinski definition) is 5. The number of nitrogens with one attached hydrogen (secondary N) is 1. The van der Waals surface area contributed by atoms with Gasteiger partial charge in [0.2, 0.25) is 5.91 Å². The highest BCUT2D eigenvalue weighted by Crippen LogP contribution is 2.22. The average molecular weight is 285 g/mol. The van der Waals surface area contributed by atoms with Crippen molar-refractivity contribution in [1.82, 2.24) is 20.1 Å². The largest absolute Gasteiger partial charge is 0.353 e. The van der Waals surface area contributed by atoms with Crippen molar-refractivity contribution in [2.24, 2.45) is 5.73 Å². The van der Waals surface area contributed by atoms with Crippen LogP contribution in [0.1, 0.15) is 33.0 Å². The van der Waals surface area contributed by atoms with Gasteiger partial charge in [0.05, 0.1) is 5.25 Å². The maximum absolute atomic E-state index is 12.0. The third-order valence-corrected chi connectivity index (χ3v) is 3.99. The molecule has 108 valence electrons. The van der Waals surface area contributed by atoms with Crippen LogP contribution < -0.4 is 11.1 Å². The highest BCUT2D eigenvalue weighted by atomic mass is 32.2. The van der Waals surface area contributed by atoms with Crippen LogP contribution in [0.5, 0.6) is 0 Å². The molecule has 1 rings (SSSR count). The van der Waals surface area contributed by atoms with Gasteiger partial charge in [0.25, 0.3) is 0 Å². The van der Waals surface area contributed by atoms with Crippen molar-refractivity contribution in [2.45, 2.75) is 57.1 Å². The van der Waals surface area contributed by atoms with E-state index in [0.29, 0.717) is 13.1 Å². The molecule has 0 aromatic carbocycles. The fraction of sp³-hybridized carbons (Fsp3) is 0.750. The Morgan fingerprint density at radius 1 is 1.47 bits per heavy atom. The molecule has 1 amide bonds. The predicted octanol–water partition coefficient (Wildman–Crippen LogP) is 0.941. The summed E-state index contributed by atoms with van der Waals surface area (Å²) in [7, 11) is 0. The van der Waals surface area contributed by atoms with Gasteiger partial charge in [-0.2, -0.15) is 0 Å². The molecule has 0 saturated carbocycles. The Balaban J connectivity index is 2.66. The average Bonchev–Trinajstić information content (AvgIpc) is 2.71. The van der Waals surface area contributed by atoms with Gasteiger partial charge in [-0.25, -0.2) is 0 Å². The summed E-state index contributed by atoms with van der Waals surface area (Å²) in [5.41, 5.74) is 5.57. The van der Waals surface area contributed by atoms with Crippen LogP contribution in [0.15, 0.2) is 5.16 Å². The first-order valence-corrected chi connectivity index (χ1v) is 7.44. The Kier molecular flexibility index (Phi) is 6.30. The van der Waals surface area contributed by atoms with E-state index in [1.54, 1.807) is 0 Å². The fourth-order valence-corrected chi connectivity index (χ4v) is 2.44. The molecule has 0 radical (unpaired) electrons. The SMILES string of the molecule is CCC(C)NC(=O)C(C)Sc1nnc(C)n1CCN. The van der Waals surface area contributed by atoms with E-state index < -0.39 is 0 Å². The molecule has 2 unspecified atom stereocenters. The van der Waals surface area contributed by atoms with E-state index in [2.05, 4.69) is 15.5 Å². The van der Waals surface area contributed by atoms with Crippen molar-refractivity contribution < 1.29 is 4.79 Å².